The summed E-state index contributed by atoms with van der Waals surface area (Å²) >= 11 is 3.37. The lowest BCUT2D eigenvalue weighted by atomic mass is 10.3. The van der Waals surface area contributed by atoms with Crippen LogP contribution < -0.4 is 4.90 Å². The van der Waals surface area contributed by atoms with E-state index < -0.39 is 9.84 Å². The minimum atomic E-state index is -2.93. The van der Waals surface area contributed by atoms with Gasteiger partial charge in [0.1, 0.15) is 4.60 Å². The molecule has 2 aromatic heterocycles. The smallest absolute Gasteiger partial charge is 0.180 e. The van der Waals surface area contributed by atoms with Crippen molar-refractivity contribution in [1.29, 1.82) is 0 Å². The van der Waals surface area contributed by atoms with Gasteiger partial charge in [0.25, 0.3) is 0 Å². The lowest BCUT2D eigenvalue weighted by molar-refractivity contribution is 0.567. The van der Waals surface area contributed by atoms with E-state index in [1.54, 1.807) is 6.20 Å². The van der Waals surface area contributed by atoms with Crippen molar-refractivity contribution in [3.63, 3.8) is 0 Å². The molecule has 1 saturated heterocycles. The highest BCUT2D eigenvalue weighted by molar-refractivity contribution is 9.10. The van der Waals surface area contributed by atoms with Gasteiger partial charge in [0.2, 0.25) is 0 Å². The molecule has 0 amide bonds. The van der Waals surface area contributed by atoms with E-state index in [-0.39, 0.29) is 17.5 Å². The summed E-state index contributed by atoms with van der Waals surface area (Å²) in [6.07, 6.45) is 5.38. The molecule has 1 aliphatic rings. The normalized spacial score (nSPS) is 22.8. The summed E-state index contributed by atoms with van der Waals surface area (Å²) in [7, 11) is -2.93. The van der Waals surface area contributed by atoms with E-state index in [9.17, 15) is 8.42 Å². The summed E-state index contributed by atoms with van der Waals surface area (Å²) < 4.78 is 25.9. The third kappa shape index (κ3) is 2.34. The zero-order valence-electron chi connectivity index (χ0n) is 10.3. The number of rotatable bonds is 1. The second kappa shape index (κ2) is 4.45. The Balaban J connectivity index is 2.07. The van der Waals surface area contributed by atoms with Gasteiger partial charge in [-0.1, -0.05) is 0 Å². The summed E-state index contributed by atoms with van der Waals surface area (Å²) in [5.41, 5.74) is 0.745. The Hall–Kier alpha value is -1.15. The molecule has 3 heterocycles. The molecule has 2 aromatic rings. The van der Waals surface area contributed by atoms with Gasteiger partial charge in [-0.2, -0.15) is 0 Å². The molecule has 0 aliphatic carbocycles. The Labute approximate surface area is 119 Å². The van der Waals surface area contributed by atoms with Gasteiger partial charge in [-0.15, -0.1) is 0 Å². The maximum absolute atomic E-state index is 11.6. The molecule has 8 heteroatoms. The van der Waals surface area contributed by atoms with Crippen molar-refractivity contribution in [2.75, 3.05) is 23.0 Å². The molecule has 1 fully saturated rings. The van der Waals surface area contributed by atoms with Crippen LogP contribution in [0.4, 0.5) is 5.82 Å². The minimum absolute atomic E-state index is 0.0963. The van der Waals surface area contributed by atoms with Crippen molar-refractivity contribution in [1.82, 2.24) is 14.4 Å². The van der Waals surface area contributed by atoms with Gasteiger partial charge >= 0.3 is 0 Å². The SMILES string of the molecule is CC1CS(=O)(=O)CCN1c1nc(Br)cn2ccnc12. The maximum Gasteiger partial charge on any atom is 0.180 e. The van der Waals surface area contributed by atoms with Crippen LogP contribution in [0.15, 0.2) is 23.2 Å². The van der Waals surface area contributed by atoms with Gasteiger partial charge in [0.15, 0.2) is 21.3 Å². The molecule has 19 heavy (non-hydrogen) atoms. The number of imidazole rings is 1. The van der Waals surface area contributed by atoms with E-state index in [4.69, 9.17) is 0 Å². The molecule has 1 atom stereocenters. The minimum Gasteiger partial charge on any atom is -0.349 e. The molecule has 3 rings (SSSR count). The molecular weight excluding hydrogens is 332 g/mol. The zero-order chi connectivity index (χ0) is 13.6. The summed E-state index contributed by atoms with van der Waals surface area (Å²) in [4.78, 5) is 10.8. The maximum atomic E-state index is 11.6. The number of hydrogen-bond donors (Lipinski definition) is 0. The van der Waals surface area contributed by atoms with Gasteiger partial charge < -0.3 is 9.30 Å². The molecule has 102 valence electrons. The lowest BCUT2D eigenvalue weighted by Gasteiger charge is -2.34. The van der Waals surface area contributed by atoms with E-state index in [2.05, 4.69) is 25.9 Å². The molecule has 0 spiro atoms. The highest BCUT2D eigenvalue weighted by atomic mass is 79.9. The van der Waals surface area contributed by atoms with Crippen LogP contribution >= 0.6 is 15.9 Å². The average Bonchev–Trinajstić information content (AvgIpc) is 2.74. The number of nitrogens with zero attached hydrogens (tertiary/aromatic N) is 4. The number of anilines is 1. The van der Waals surface area contributed by atoms with Crippen molar-refractivity contribution < 1.29 is 8.42 Å². The number of hydrogen-bond acceptors (Lipinski definition) is 5. The van der Waals surface area contributed by atoms with Crippen LogP contribution in [0.2, 0.25) is 0 Å². The fraction of sp³-hybridized carbons (Fsp3) is 0.455. The first-order valence-corrected chi connectivity index (χ1v) is 8.54. The van der Waals surface area contributed by atoms with Gasteiger partial charge in [0.05, 0.1) is 11.5 Å². The number of sulfone groups is 1. The molecular formula is C11H13BrN4O2S. The van der Waals surface area contributed by atoms with Gasteiger partial charge in [-0.25, -0.2) is 18.4 Å². The average molecular weight is 345 g/mol. The van der Waals surface area contributed by atoms with Crippen LogP contribution in [0, 0.1) is 0 Å². The Bertz CT molecular complexity index is 727. The topological polar surface area (TPSA) is 67.6 Å². The van der Waals surface area contributed by atoms with Crippen molar-refractivity contribution in [3.8, 4) is 0 Å². The third-order valence-electron chi connectivity index (χ3n) is 3.27. The molecule has 1 aliphatic heterocycles. The lowest BCUT2D eigenvalue weighted by Crippen LogP contribution is -2.47. The van der Waals surface area contributed by atoms with Crippen molar-refractivity contribution >= 4 is 37.2 Å². The van der Waals surface area contributed by atoms with E-state index in [1.807, 2.05) is 28.6 Å². The predicted molar refractivity (Wildman–Crippen MR) is 76.1 cm³/mol. The molecule has 1 unspecified atom stereocenters. The second-order valence-electron chi connectivity index (χ2n) is 4.70. The van der Waals surface area contributed by atoms with Crippen LogP contribution in [0.3, 0.4) is 0 Å². The fourth-order valence-corrected chi connectivity index (χ4v) is 4.34. The highest BCUT2D eigenvalue weighted by Crippen LogP contribution is 2.25. The number of aromatic nitrogens is 3. The molecule has 0 bridgehead atoms. The largest absolute Gasteiger partial charge is 0.349 e. The quantitative estimate of drug-likeness (QED) is 0.775. The van der Waals surface area contributed by atoms with Crippen molar-refractivity contribution in [2.45, 2.75) is 13.0 Å². The number of fused-ring (bicyclic) bond motifs is 1. The molecule has 0 aromatic carbocycles. The second-order valence-corrected chi connectivity index (χ2v) is 7.74. The molecule has 0 saturated carbocycles. The van der Waals surface area contributed by atoms with Gasteiger partial charge in [-0.05, 0) is 22.9 Å². The van der Waals surface area contributed by atoms with E-state index in [0.29, 0.717) is 11.1 Å². The summed E-state index contributed by atoms with van der Waals surface area (Å²) in [6, 6.07) is -0.0963. The predicted octanol–water partition coefficient (Wildman–Crippen LogP) is 1.12. The zero-order valence-corrected chi connectivity index (χ0v) is 12.7. The molecule has 0 N–H and O–H groups in total. The Morgan fingerprint density at radius 1 is 1.47 bits per heavy atom. The molecule has 6 nitrogen and oxygen atoms in total. The first-order chi connectivity index (χ1) is 8.96. The number of halogens is 1. The first kappa shape index (κ1) is 12.9. The van der Waals surface area contributed by atoms with Gasteiger partial charge in [-0.3, -0.25) is 0 Å². The standard InChI is InChI=1S/C11H13BrN4O2S/c1-8-7-19(17,18)5-4-16(8)11-10-13-2-3-15(10)6-9(12)14-11/h2-3,6,8H,4-5,7H2,1H3. The van der Waals surface area contributed by atoms with Crippen LogP contribution in [0.5, 0.6) is 0 Å². The van der Waals surface area contributed by atoms with Crippen LogP contribution in [-0.2, 0) is 9.84 Å². The Kier molecular flexibility index (Phi) is 3.01. The fourth-order valence-electron chi connectivity index (χ4n) is 2.39. The first-order valence-electron chi connectivity index (χ1n) is 5.92. The highest BCUT2D eigenvalue weighted by Gasteiger charge is 2.30. The van der Waals surface area contributed by atoms with Crippen LogP contribution in [0.1, 0.15) is 6.92 Å². The van der Waals surface area contributed by atoms with Crippen LogP contribution in [-0.4, -0.2) is 46.9 Å². The van der Waals surface area contributed by atoms with E-state index >= 15 is 0 Å². The Morgan fingerprint density at radius 2 is 2.26 bits per heavy atom. The Morgan fingerprint density at radius 3 is 3.00 bits per heavy atom. The van der Waals surface area contributed by atoms with Crippen LogP contribution in [0.25, 0.3) is 5.65 Å². The summed E-state index contributed by atoms with van der Waals surface area (Å²) in [5, 5.41) is 0. The van der Waals surface area contributed by atoms with E-state index in [0.717, 1.165) is 11.5 Å². The van der Waals surface area contributed by atoms with Gasteiger partial charge in [0, 0.05) is 31.2 Å². The van der Waals surface area contributed by atoms with Crippen molar-refractivity contribution in [3.05, 3.63) is 23.2 Å². The third-order valence-corrected chi connectivity index (χ3v) is 5.45. The summed E-state index contributed by atoms with van der Waals surface area (Å²) in [6.45, 7) is 2.36. The monoisotopic (exact) mass is 344 g/mol. The summed E-state index contributed by atoms with van der Waals surface area (Å²) in [5.74, 6) is 1.05. The van der Waals surface area contributed by atoms with Crippen molar-refractivity contribution in [2.24, 2.45) is 0 Å². The molecule has 0 radical (unpaired) electrons. The van der Waals surface area contributed by atoms with E-state index in [1.165, 1.54) is 0 Å².